The van der Waals surface area contributed by atoms with E-state index in [1.54, 1.807) is 0 Å². The zero-order valence-electron chi connectivity index (χ0n) is 15.0. The van der Waals surface area contributed by atoms with E-state index >= 15 is 0 Å². The van der Waals surface area contributed by atoms with Crippen molar-refractivity contribution in [3.63, 3.8) is 0 Å². The zero-order chi connectivity index (χ0) is 18.2. The van der Waals surface area contributed by atoms with E-state index in [1.807, 2.05) is 54.3 Å². The molecule has 0 atom stereocenters. The first-order valence-corrected chi connectivity index (χ1v) is 10.0. The number of allylic oxidation sites excluding steroid dienone is 2. The molecular weight excluding hydrogens is 344 g/mol. The number of benzene rings is 1. The number of carbonyl (C=O) groups excluding carboxylic acids is 1. The van der Waals surface area contributed by atoms with Gasteiger partial charge in [0.15, 0.2) is 0 Å². The predicted molar refractivity (Wildman–Crippen MR) is 106 cm³/mol. The van der Waals surface area contributed by atoms with E-state index in [0.717, 1.165) is 18.4 Å². The second-order valence-electron chi connectivity index (χ2n) is 6.12. The van der Waals surface area contributed by atoms with Gasteiger partial charge in [-0.1, -0.05) is 54.2 Å². The van der Waals surface area contributed by atoms with Gasteiger partial charge in [-0.25, -0.2) is 4.98 Å². The number of hydrogen-bond acceptors (Lipinski definition) is 4. The zero-order valence-corrected chi connectivity index (χ0v) is 15.8. The SMILES string of the molecule is CCN(C(=O)CSc1n[nH]c(/C=C/c2ccccc2)n1)C1=CCCCC1. The molecule has 0 bridgehead atoms. The number of nitrogens with one attached hydrogen (secondary N) is 1. The summed E-state index contributed by atoms with van der Waals surface area (Å²) in [6.45, 7) is 2.74. The van der Waals surface area contributed by atoms with Crippen LogP contribution in [0.1, 0.15) is 44.0 Å². The topological polar surface area (TPSA) is 61.9 Å². The lowest BCUT2D eigenvalue weighted by molar-refractivity contribution is -0.126. The number of amides is 1. The van der Waals surface area contributed by atoms with Gasteiger partial charge in [0.1, 0.15) is 5.82 Å². The highest BCUT2D eigenvalue weighted by Gasteiger charge is 2.18. The molecule has 1 aliphatic rings. The third-order valence-electron chi connectivity index (χ3n) is 4.27. The average Bonchev–Trinajstić information content (AvgIpc) is 3.15. The molecule has 136 valence electrons. The summed E-state index contributed by atoms with van der Waals surface area (Å²) < 4.78 is 0. The van der Waals surface area contributed by atoms with Crippen molar-refractivity contribution in [1.29, 1.82) is 0 Å². The van der Waals surface area contributed by atoms with Crippen LogP contribution in [0, 0.1) is 0 Å². The van der Waals surface area contributed by atoms with Crippen molar-refractivity contribution < 1.29 is 4.79 Å². The molecule has 1 aromatic carbocycles. The summed E-state index contributed by atoms with van der Waals surface area (Å²) in [5.74, 6) is 1.16. The van der Waals surface area contributed by atoms with Crippen molar-refractivity contribution in [2.24, 2.45) is 0 Å². The van der Waals surface area contributed by atoms with Crippen molar-refractivity contribution in [1.82, 2.24) is 20.1 Å². The lowest BCUT2D eigenvalue weighted by Gasteiger charge is -2.26. The largest absolute Gasteiger partial charge is 0.316 e. The number of aromatic amines is 1. The molecule has 6 heteroatoms. The third-order valence-corrected chi connectivity index (χ3v) is 5.10. The Labute approximate surface area is 158 Å². The Hall–Kier alpha value is -2.34. The molecular formula is C20H24N4OS. The molecule has 1 amide bonds. The normalized spacial score (nSPS) is 14.4. The minimum absolute atomic E-state index is 0.122. The van der Waals surface area contributed by atoms with E-state index in [-0.39, 0.29) is 5.91 Å². The standard InChI is InChI=1S/C20H24N4OS/c1-2-24(17-11-7-4-8-12-17)19(25)15-26-20-21-18(22-23-20)14-13-16-9-5-3-6-10-16/h3,5-6,9-11,13-14H,2,4,7-8,12,15H2,1H3,(H,21,22,23)/b14-13+. The molecule has 3 rings (SSSR count). The van der Waals surface area contributed by atoms with Crippen LogP contribution in [0.3, 0.4) is 0 Å². The van der Waals surface area contributed by atoms with Crippen molar-refractivity contribution in [3.8, 4) is 0 Å². The van der Waals surface area contributed by atoms with Crippen molar-refractivity contribution in [3.05, 3.63) is 53.5 Å². The lowest BCUT2D eigenvalue weighted by atomic mass is 10.0. The minimum atomic E-state index is 0.122. The molecule has 0 radical (unpaired) electrons. The summed E-state index contributed by atoms with van der Waals surface area (Å²) >= 11 is 1.37. The van der Waals surface area contributed by atoms with Gasteiger partial charge >= 0.3 is 0 Å². The number of carbonyl (C=O) groups is 1. The molecule has 0 aliphatic heterocycles. The number of hydrogen-bond donors (Lipinski definition) is 1. The maximum absolute atomic E-state index is 12.5. The second-order valence-corrected chi connectivity index (χ2v) is 7.06. The van der Waals surface area contributed by atoms with Crippen LogP contribution in [0.5, 0.6) is 0 Å². The van der Waals surface area contributed by atoms with Gasteiger partial charge in [-0.15, -0.1) is 5.10 Å². The highest BCUT2D eigenvalue weighted by atomic mass is 32.2. The molecule has 1 heterocycles. The van der Waals surface area contributed by atoms with Crippen LogP contribution in [0.2, 0.25) is 0 Å². The Morgan fingerprint density at radius 2 is 2.12 bits per heavy atom. The van der Waals surface area contributed by atoms with E-state index in [2.05, 4.69) is 21.3 Å². The number of nitrogens with zero attached hydrogens (tertiary/aromatic N) is 3. The van der Waals surface area contributed by atoms with Crippen LogP contribution in [0.4, 0.5) is 0 Å². The Kier molecular flexibility index (Phi) is 6.66. The summed E-state index contributed by atoms with van der Waals surface area (Å²) in [7, 11) is 0. The predicted octanol–water partition coefficient (Wildman–Crippen LogP) is 4.37. The number of H-pyrrole nitrogens is 1. The smallest absolute Gasteiger partial charge is 0.237 e. The summed E-state index contributed by atoms with van der Waals surface area (Å²) in [5.41, 5.74) is 2.28. The van der Waals surface area contributed by atoms with E-state index in [1.165, 1.54) is 30.3 Å². The van der Waals surface area contributed by atoms with E-state index in [4.69, 9.17) is 0 Å². The summed E-state index contributed by atoms with van der Waals surface area (Å²) in [4.78, 5) is 18.9. The maximum Gasteiger partial charge on any atom is 0.237 e. The van der Waals surface area contributed by atoms with E-state index in [0.29, 0.717) is 23.3 Å². The maximum atomic E-state index is 12.5. The minimum Gasteiger partial charge on any atom is -0.316 e. The molecule has 5 nitrogen and oxygen atoms in total. The molecule has 0 spiro atoms. The second kappa shape index (κ2) is 9.38. The molecule has 2 aromatic rings. The van der Waals surface area contributed by atoms with Gasteiger partial charge in [0.05, 0.1) is 5.75 Å². The Bertz CT molecular complexity index is 782. The molecule has 1 aromatic heterocycles. The quantitative estimate of drug-likeness (QED) is 0.737. The molecule has 0 saturated heterocycles. The first-order valence-electron chi connectivity index (χ1n) is 9.04. The number of thioether (sulfide) groups is 1. The fraction of sp³-hybridized carbons (Fsp3) is 0.350. The Morgan fingerprint density at radius 1 is 1.27 bits per heavy atom. The van der Waals surface area contributed by atoms with Gasteiger partial charge in [0, 0.05) is 12.2 Å². The number of rotatable bonds is 7. The van der Waals surface area contributed by atoms with Crippen LogP contribution in [-0.2, 0) is 4.79 Å². The Balaban J connectivity index is 1.54. The molecule has 0 unspecified atom stereocenters. The van der Waals surface area contributed by atoms with Crippen LogP contribution >= 0.6 is 11.8 Å². The monoisotopic (exact) mass is 368 g/mol. The van der Waals surface area contributed by atoms with Crippen LogP contribution in [0.15, 0.2) is 47.3 Å². The average molecular weight is 369 g/mol. The highest BCUT2D eigenvalue weighted by molar-refractivity contribution is 7.99. The molecule has 1 N–H and O–H groups in total. The summed E-state index contributed by atoms with van der Waals surface area (Å²) in [6, 6.07) is 10.0. The lowest BCUT2D eigenvalue weighted by Crippen LogP contribution is -2.32. The third kappa shape index (κ3) is 5.08. The van der Waals surface area contributed by atoms with Gasteiger partial charge in [-0.05, 0) is 44.2 Å². The molecule has 0 fully saturated rings. The molecule has 1 aliphatic carbocycles. The van der Waals surface area contributed by atoms with Crippen LogP contribution in [0.25, 0.3) is 12.2 Å². The van der Waals surface area contributed by atoms with Crippen molar-refractivity contribution in [2.45, 2.75) is 37.8 Å². The fourth-order valence-electron chi connectivity index (χ4n) is 2.95. The fourth-order valence-corrected chi connectivity index (χ4v) is 3.63. The van der Waals surface area contributed by atoms with Gasteiger partial charge in [0.2, 0.25) is 11.1 Å². The molecule has 0 saturated carbocycles. The van der Waals surface area contributed by atoms with Gasteiger partial charge in [-0.2, -0.15) is 0 Å². The van der Waals surface area contributed by atoms with E-state index in [9.17, 15) is 4.79 Å². The van der Waals surface area contributed by atoms with Crippen LogP contribution in [-0.4, -0.2) is 38.3 Å². The van der Waals surface area contributed by atoms with Gasteiger partial charge < -0.3 is 4.90 Å². The first-order chi connectivity index (χ1) is 12.8. The summed E-state index contributed by atoms with van der Waals surface area (Å²) in [6.07, 6.45) is 10.5. The van der Waals surface area contributed by atoms with Crippen LogP contribution < -0.4 is 0 Å². The van der Waals surface area contributed by atoms with Gasteiger partial charge in [-0.3, -0.25) is 9.89 Å². The van der Waals surface area contributed by atoms with E-state index < -0.39 is 0 Å². The summed E-state index contributed by atoms with van der Waals surface area (Å²) in [5, 5.41) is 7.69. The molecule has 26 heavy (non-hydrogen) atoms. The van der Waals surface area contributed by atoms with Crippen molar-refractivity contribution >= 4 is 29.8 Å². The number of aromatic nitrogens is 3. The first kappa shape index (κ1) is 18.5. The Morgan fingerprint density at radius 3 is 2.85 bits per heavy atom. The highest BCUT2D eigenvalue weighted by Crippen LogP contribution is 2.22. The van der Waals surface area contributed by atoms with Crippen molar-refractivity contribution in [2.75, 3.05) is 12.3 Å². The van der Waals surface area contributed by atoms with Gasteiger partial charge in [0.25, 0.3) is 0 Å².